The molecule has 0 aliphatic rings. The number of rotatable bonds is 7. The van der Waals surface area contributed by atoms with Crippen molar-refractivity contribution < 1.29 is 0 Å². The first-order valence-electron chi connectivity index (χ1n) is 5.97. The second-order valence-electron chi connectivity index (χ2n) is 4.30. The first kappa shape index (κ1) is 14.1. The zero-order valence-corrected chi connectivity index (χ0v) is 11.6. The third-order valence-electron chi connectivity index (χ3n) is 2.39. The van der Waals surface area contributed by atoms with E-state index in [4.69, 9.17) is 0 Å². The molecule has 0 aliphatic heterocycles. The molecule has 0 fully saturated rings. The third kappa shape index (κ3) is 5.26. The van der Waals surface area contributed by atoms with Crippen LogP contribution in [0.3, 0.4) is 0 Å². The molecule has 0 bridgehead atoms. The summed E-state index contributed by atoms with van der Waals surface area (Å²) in [5.41, 5.74) is -0.0877. The molecule has 0 aliphatic carbocycles. The largest absolute Gasteiger partial charge is 0.370 e. The van der Waals surface area contributed by atoms with Crippen molar-refractivity contribution in [2.45, 2.75) is 32.6 Å². The fraction of sp³-hybridized carbons (Fsp3) is 0.667. The van der Waals surface area contributed by atoms with Crippen molar-refractivity contribution in [3.05, 3.63) is 22.2 Å². The molecule has 1 heterocycles. The highest BCUT2D eigenvalue weighted by molar-refractivity contribution is 7.98. The molecule has 2 N–H and O–H groups in total. The zero-order valence-electron chi connectivity index (χ0n) is 10.7. The fourth-order valence-electron chi connectivity index (χ4n) is 1.43. The molecule has 0 amide bonds. The van der Waals surface area contributed by atoms with E-state index in [1.807, 2.05) is 25.6 Å². The number of H-pyrrole nitrogens is 1. The van der Waals surface area contributed by atoms with Gasteiger partial charge in [-0.1, -0.05) is 13.8 Å². The highest BCUT2D eigenvalue weighted by Crippen LogP contribution is 2.09. The summed E-state index contributed by atoms with van der Waals surface area (Å²) in [6.07, 6.45) is 4.40. The SMILES string of the molecule is CSCCCCNc1cc(=O)[nH]c(C(C)C)n1. The Labute approximate surface area is 107 Å². The predicted molar refractivity (Wildman–Crippen MR) is 75.1 cm³/mol. The molecule has 0 spiro atoms. The Balaban J connectivity index is 2.50. The number of aromatic amines is 1. The number of unbranched alkanes of at least 4 members (excludes halogenated alkanes) is 1. The first-order valence-corrected chi connectivity index (χ1v) is 7.37. The second-order valence-corrected chi connectivity index (χ2v) is 5.28. The summed E-state index contributed by atoms with van der Waals surface area (Å²) in [5.74, 6) is 2.84. The van der Waals surface area contributed by atoms with E-state index >= 15 is 0 Å². The molecule has 0 radical (unpaired) electrons. The molecule has 0 aromatic carbocycles. The van der Waals surface area contributed by atoms with Crippen LogP contribution in [0.15, 0.2) is 10.9 Å². The average Bonchev–Trinajstić information content (AvgIpc) is 2.28. The minimum Gasteiger partial charge on any atom is -0.370 e. The van der Waals surface area contributed by atoms with Crippen LogP contribution in [0.25, 0.3) is 0 Å². The topological polar surface area (TPSA) is 57.8 Å². The van der Waals surface area contributed by atoms with Gasteiger partial charge in [0.2, 0.25) is 0 Å². The van der Waals surface area contributed by atoms with Crippen molar-refractivity contribution in [2.24, 2.45) is 0 Å². The van der Waals surface area contributed by atoms with Gasteiger partial charge in [-0.3, -0.25) is 4.79 Å². The summed E-state index contributed by atoms with van der Waals surface area (Å²) in [7, 11) is 0. The highest BCUT2D eigenvalue weighted by atomic mass is 32.2. The van der Waals surface area contributed by atoms with Crippen molar-refractivity contribution in [3.63, 3.8) is 0 Å². The summed E-state index contributed by atoms with van der Waals surface area (Å²) < 4.78 is 0. The van der Waals surface area contributed by atoms with E-state index in [1.54, 1.807) is 0 Å². The van der Waals surface area contributed by atoms with Crippen LogP contribution < -0.4 is 10.9 Å². The number of hydrogen-bond acceptors (Lipinski definition) is 4. The quantitative estimate of drug-likeness (QED) is 0.735. The number of nitrogens with one attached hydrogen (secondary N) is 2. The van der Waals surface area contributed by atoms with Crippen LogP contribution in [0.5, 0.6) is 0 Å². The van der Waals surface area contributed by atoms with Crippen LogP contribution >= 0.6 is 11.8 Å². The van der Waals surface area contributed by atoms with Gasteiger partial charge in [-0.2, -0.15) is 11.8 Å². The molecule has 0 atom stereocenters. The summed E-state index contributed by atoms with van der Waals surface area (Å²) in [5, 5.41) is 3.20. The lowest BCUT2D eigenvalue weighted by Gasteiger charge is -2.08. The lowest BCUT2D eigenvalue weighted by Crippen LogP contribution is -2.15. The number of hydrogen-bond donors (Lipinski definition) is 2. The van der Waals surface area contributed by atoms with E-state index in [0.29, 0.717) is 5.82 Å². The summed E-state index contributed by atoms with van der Waals surface area (Å²) in [6.45, 7) is 4.90. The Morgan fingerprint density at radius 1 is 1.47 bits per heavy atom. The summed E-state index contributed by atoms with van der Waals surface area (Å²) in [6, 6.07) is 1.51. The Morgan fingerprint density at radius 2 is 2.24 bits per heavy atom. The number of nitrogens with zero attached hydrogens (tertiary/aromatic N) is 1. The number of aromatic nitrogens is 2. The molecule has 1 aromatic rings. The van der Waals surface area contributed by atoms with E-state index < -0.39 is 0 Å². The molecule has 1 rings (SSSR count). The van der Waals surface area contributed by atoms with Crippen LogP contribution in [0.4, 0.5) is 5.82 Å². The Morgan fingerprint density at radius 3 is 2.88 bits per heavy atom. The number of anilines is 1. The lowest BCUT2D eigenvalue weighted by atomic mass is 10.2. The van der Waals surface area contributed by atoms with E-state index in [1.165, 1.54) is 18.2 Å². The molecule has 0 saturated carbocycles. The Kier molecular flexibility index (Phi) is 6.11. The van der Waals surface area contributed by atoms with Gasteiger partial charge >= 0.3 is 0 Å². The van der Waals surface area contributed by atoms with Crippen LogP contribution in [-0.4, -0.2) is 28.5 Å². The van der Waals surface area contributed by atoms with Gasteiger partial charge in [-0.15, -0.1) is 0 Å². The minimum absolute atomic E-state index is 0.0877. The van der Waals surface area contributed by atoms with Crippen molar-refractivity contribution >= 4 is 17.6 Å². The van der Waals surface area contributed by atoms with E-state index in [0.717, 1.165) is 18.8 Å². The zero-order chi connectivity index (χ0) is 12.7. The fourth-order valence-corrected chi connectivity index (χ4v) is 1.92. The standard InChI is InChI=1S/C12H21N3OS/c1-9(2)12-14-10(8-11(16)15-12)13-6-4-5-7-17-3/h8-9H,4-7H2,1-3H3,(H2,13,14,15,16). The Hall–Kier alpha value is -0.970. The van der Waals surface area contributed by atoms with Crippen LogP contribution in [-0.2, 0) is 0 Å². The third-order valence-corrected chi connectivity index (χ3v) is 3.09. The monoisotopic (exact) mass is 255 g/mol. The molecular weight excluding hydrogens is 234 g/mol. The van der Waals surface area contributed by atoms with Crippen molar-refractivity contribution in [3.8, 4) is 0 Å². The molecule has 1 aromatic heterocycles. The maximum Gasteiger partial charge on any atom is 0.252 e. The van der Waals surface area contributed by atoms with Gasteiger partial charge < -0.3 is 10.3 Å². The minimum atomic E-state index is -0.0877. The molecular formula is C12H21N3OS. The molecule has 96 valence electrons. The van der Waals surface area contributed by atoms with Crippen molar-refractivity contribution in [1.29, 1.82) is 0 Å². The molecule has 17 heavy (non-hydrogen) atoms. The van der Waals surface area contributed by atoms with Gasteiger partial charge in [0.25, 0.3) is 5.56 Å². The maximum atomic E-state index is 11.4. The Bertz CT molecular complexity index is 390. The van der Waals surface area contributed by atoms with Gasteiger partial charge in [0.1, 0.15) is 11.6 Å². The lowest BCUT2D eigenvalue weighted by molar-refractivity contribution is 0.763. The highest BCUT2D eigenvalue weighted by Gasteiger charge is 2.04. The van der Waals surface area contributed by atoms with Crippen LogP contribution in [0.2, 0.25) is 0 Å². The molecule has 4 nitrogen and oxygen atoms in total. The van der Waals surface area contributed by atoms with Gasteiger partial charge in [0, 0.05) is 18.5 Å². The summed E-state index contributed by atoms with van der Waals surface area (Å²) in [4.78, 5) is 18.5. The van der Waals surface area contributed by atoms with Gasteiger partial charge in [0.05, 0.1) is 0 Å². The smallest absolute Gasteiger partial charge is 0.252 e. The van der Waals surface area contributed by atoms with E-state index in [9.17, 15) is 4.79 Å². The van der Waals surface area contributed by atoms with Crippen molar-refractivity contribution in [2.75, 3.05) is 23.9 Å². The van der Waals surface area contributed by atoms with Crippen molar-refractivity contribution in [1.82, 2.24) is 9.97 Å². The average molecular weight is 255 g/mol. The number of thioether (sulfide) groups is 1. The predicted octanol–water partition coefficient (Wildman–Crippen LogP) is 2.45. The first-order chi connectivity index (χ1) is 8.13. The van der Waals surface area contributed by atoms with Crippen LogP contribution in [0.1, 0.15) is 38.4 Å². The van der Waals surface area contributed by atoms with E-state index in [-0.39, 0.29) is 11.5 Å². The second kappa shape index (κ2) is 7.37. The van der Waals surface area contributed by atoms with Gasteiger partial charge in [-0.25, -0.2) is 4.98 Å². The van der Waals surface area contributed by atoms with Crippen LogP contribution in [0, 0.1) is 0 Å². The summed E-state index contributed by atoms with van der Waals surface area (Å²) >= 11 is 1.86. The van der Waals surface area contributed by atoms with E-state index in [2.05, 4.69) is 21.5 Å². The molecule has 0 unspecified atom stereocenters. The van der Waals surface area contributed by atoms with Gasteiger partial charge in [0.15, 0.2) is 0 Å². The maximum absolute atomic E-state index is 11.4. The molecule has 0 saturated heterocycles. The van der Waals surface area contributed by atoms with Gasteiger partial charge in [-0.05, 0) is 24.9 Å². The molecule has 5 heteroatoms. The normalized spacial score (nSPS) is 10.8.